The second kappa shape index (κ2) is 8.00. The molecule has 6 heteroatoms. The van der Waals surface area contributed by atoms with Gasteiger partial charge in [-0.2, -0.15) is 5.26 Å². The lowest BCUT2D eigenvalue weighted by Gasteiger charge is -2.18. The first kappa shape index (κ1) is 16.6. The van der Waals surface area contributed by atoms with Crippen LogP contribution in [0.3, 0.4) is 0 Å². The molecule has 0 radical (unpaired) electrons. The van der Waals surface area contributed by atoms with Gasteiger partial charge in [0.05, 0.1) is 18.6 Å². The summed E-state index contributed by atoms with van der Waals surface area (Å²) in [5, 5.41) is 28.4. The van der Waals surface area contributed by atoms with Crippen LogP contribution in [0.4, 0.5) is 4.39 Å². The molecule has 20 heavy (non-hydrogen) atoms. The molecule has 0 aliphatic rings. The van der Waals surface area contributed by atoms with E-state index in [1.54, 1.807) is 0 Å². The number of nitriles is 1. The van der Waals surface area contributed by atoms with E-state index in [-0.39, 0.29) is 23.5 Å². The van der Waals surface area contributed by atoms with E-state index in [0.29, 0.717) is 11.3 Å². The number of aliphatic hydroxyl groups excluding tert-OH is 2. The van der Waals surface area contributed by atoms with Crippen molar-refractivity contribution in [2.24, 2.45) is 0 Å². The van der Waals surface area contributed by atoms with Crippen molar-refractivity contribution in [2.75, 3.05) is 5.75 Å². The molecule has 0 saturated carbocycles. The van der Waals surface area contributed by atoms with E-state index in [2.05, 4.69) is 0 Å². The van der Waals surface area contributed by atoms with E-state index in [0.717, 1.165) is 11.8 Å². The highest BCUT2D eigenvalue weighted by molar-refractivity contribution is 8.13. The SMILES string of the molecule is CC(=O)SCCC(O)C(O)c1ccc(F)c(CC#N)c1. The van der Waals surface area contributed by atoms with Crippen molar-refractivity contribution in [3.05, 3.63) is 35.1 Å². The summed E-state index contributed by atoms with van der Waals surface area (Å²) in [5.41, 5.74) is 0.548. The van der Waals surface area contributed by atoms with Gasteiger partial charge in [-0.3, -0.25) is 4.79 Å². The molecule has 1 rings (SSSR count). The maximum absolute atomic E-state index is 13.4. The smallest absolute Gasteiger partial charge is 0.185 e. The van der Waals surface area contributed by atoms with Crippen LogP contribution in [-0.4, -0.2) is 27.2 Å². The van der Waals surface area contributed by atoms with Crippen molar-refractivity contribution in [1.82, 2.24) is 0 Å². The molecule has 0 bridgehead atoms. The predicted molar refractivity (Wildman–Crippen MR) is 74.4 cm³/mol. The molecule has 2 atom stereocenters. The number of halogens is 1. The zero-order valence-corrected chi connectivity index (χ0v) is 11.9. The van der Waals surface area contributed by atoms with Gasteiger partial charge in [0, 0.05) is 18.2 Å². The van der Waals surface area contributed by atoms with Crippen LogP contribution >= 0.6 is 11.8 Å². The molecular formula is C14H16FNO3S. The Balaban J connectivity index is 2.71. The Morgan fingerprint density at radius 3 is 2.80 bits per heavy atom. The Bertz CT molecular complexity index is 516. The number of aliphatic hydroxyl groups is 2. The molecule has 0 amide bonds. The number of carbonyl (C=O) groups is 1. The largest absolute Gasteiger partial charge is 0.390 e. The van der Waals surface area contributed by atoms with Gasteiger partial charge in [-0.05, 0) is 24.1 Å². The van der Waals surface area contributed by atoms with Crippen LogP contribution in [0, 0.1) is 17.1 Å². The normalized spacial score (nSPS) is 13.6. The number of hydrogen-bond donors (Lipinski definition) is 2. The molecule has 0 fully saturated rings. The third-order valence-electron chi connectivity index (χ3n) is 2.76. The van der Waals surface area contributed by atoms with E-state index in [9.17, 15) is 19.4 Å². The van der Waals surface area contributed by atoms with Crippen LogP contribution < -0.4 is 0 Å². The summed E-state index contributed by atoms with van der Waals surface area (Å²) < 4.78 is 13.4. The lowest BCUT2D eigenvalue weighted by Crippen LogP contribution is -2.19. The maximum atomic E-state index is 13.4. The second-order valence-electron chi connectivity index (χ2n) is 4.33. The minimum atomic E-state index is -1.17. The van der Waals surface area contributed by atoms with Crippen molar-refractivity contribution >= 4 is 16.9 Å². The van der Waals surface area contributed by atoms with Gasteiger partial charge in [0.25, 0.3) is 0 Å². The van der Waals surface area contributed by atoms with Crippen LogP contribution in [0.15, 0.2) is 18.2 Å². The van der Waals surface area contributed by atoms with Gasteiger partial charge in [-0.15, -0.1) is 0 Å². The summed E-state index contributed by atoms with van der Waals surface area (Å²) in [6.45, 7) is 1.43. The Morgan fingerprint density at radius 1 is 1.50 bits per heavy atom. The first-order chi connectivity index (χ1) is 9.45. The molecule has 0 saturated heterocycles. The zero-order chi connectivity index (χ0) is 15.1. The molecule has 1 aromatic rings. The van der Waals surface area contributed by atoms with Crippen LogP contribution in [0.5, 0.6) is 0 Å². The van der Waals surface area contributed by atoms with E-state index in [4.69, 9.17) is 5.26 Å². The number of rotatable bonds is 6. The fraction of sp³-hybridized carbons (Fsp3) is 0.429. The zero-order valence-electron chi connectivity index (χ0n) is 11.0. The molecule has 2 N–H and O–H groups in total. The van der Waals surface area contributed by atoms with E-state index in [1.165, 1.54) is 25.1 Å². The first-order valence-corrected chi connectivity index (χ1v) is 7.09. The van der Waals surface area contributed by atoms with Gasteiger partial charge in [0.15, 0.2) is 5.12 Å². The van der Waals surface area contributed by atoms with Gasteiger partial charge in [-0.25, -0.2) is 4.39 Å². The molecule has 0 aliphatic carbocycles. The van der Waals surface area contributed by atoms with Crippen LogP contribution in [-0.2, 0) is 11.2 Å². The van der Waals surface area contributed by atoms with Gasteiger partial charge in [0.2, 0.25) is 0 Å². The lowest BCUT2D eigenvalue weighted by atomic mass is 9.99. The average molecular weight is 297 g/mol. The van der Waals surface area contributed by atoms with Crippen LogP contribution in [0.25, 0.3) is 0 Å². The maximum Gasteiger partial charge on any atom is 0.185 e. The Hall–Kier alpha value is -1.42. The second-order valence-corrected chi connectivity index (χ2v) is 5.60. The van der Waals surface area contributed by atoms with Crippen molar-refractivity contribution in [1.29, 1.82) is 5.26 Å². The summed E-state index contributed by atoms with van der Waals surface area (Å²) in [7, 11) is 0. The summed E-state index contributed by atoms with van der Waals surface area (Å²) in [4.78, 5) is 10.8. The molecule has 4 nitrogen and oxygen atoms in total. The standard InChI is InChI=1S/C14H16FNO3S/c1-9(17)20-7-5-13(18)14(19)11-2-3-12(15)10(8-11)4-6-16/h2-3,8,13-14,18-19H,4-5,7H2,1H3. The van der Waals surface area contributed by atoms with E-state index in [1.807, 2.05) is 6.07 Å². The first-order valence-electron chi connectivity index (χ1n) is 6.10. The fourth-order valence-electron chi connectivity index (χ4n) is 1.70. The molecule has 0 aromatic heterocycles. The highest BCUT2D eigenvalue weighted by atomic mass is 32.2. The minimum absolute atomic E-state index is 0.0511. The third-order valence-corrected chi connectivity index (χ3v) is 3.61. The van der Waals surface area contributed by atoms with Crippen LogP contribution in [0.1, 0.15) is 30.6 Å². The quantitative estimate of drug-likeness (QED) is 0.839. The van der Waals surface area contributed by atoms with Gasteiger partial charge < -0.3 is 10.2 Å². The molecule has 0 aliphatic heterocycles. The molecule has 2 unspecified atom stereocenters. The summed E-state index contributed by atoms with van der Waals surface area (Å²) >= 11 is 1.07. The number of thioether (sulfide) groups is 1. The topological polar surface area (TPSA) is 81.3 Å². The molecule has 0 spiro atoms. The van der Waals surface area contributed by atoms with Crippen molar-refractivity contribution in [3.63, 3.8) is 0 Å². The summed E-state index contributed by atoms with van der Waals surface area (Å²) in [5.74, 6) is -0.107. The van der Waals surface area contributed by atoms with Crippen LogP contribution in [0.2, 0.25) is 0 Å². The predicted octanol–water partition coefficient (Wildman–Crippen LogP) is 1.96. The van der Waals surface area contributed by atoms with Gasteiger partial charge in [-0.1, -0.05) is 17.8 Å². The number of nitrogens with zero attached hydrogens (tertiary/aromatic N) is 1. The number of benzene rings is 1. The van der Waals surface area contributed by atoms with Crippen molar-refractivity contribution in [2.45, 2.75) is 32.0 Å². The lowest BCUT2D eigenvalue weighted by molar-refractivity contribution is -0.109. The molecular weight excluding hydrogens is 281 g/mol. The third kappa shape index (κ3) is 4.93. The van der Waals surface area contributed by atoms with E-state index < -0.39 is 18.0 Å². The highest BCUT2D eigenvalue weighted by Crippen LogP contribution is 2.23. The average Bonchev–Trinajstić information content (AvgIpc) is 2.40. The fourth-order valence-corrected chi connectivity index (χ4v) is 2.35. The Morgan fingerprint density at radius 2 is 2.20 bits per heavy atom. The van der Waals surface area contributed by atoms with Gasteiger partial charge >= 0.3 is 0 Å². The van der Waals surface area contributed by atoms with Crippen molar-refractivity contribution in [3.8, 4) is 6.07 Å². The molecule has 0 heterocycles. The monoisotopic (exact) mass is 297 g/mol. The minimum Gasteiger partial charge on any atom is -0.390 e. The van der Waals surface area contributed by atoms with Crippen molar-refractivity contribution < 1.29 is 19.4 Å². The number of carbonyl (C=O) groups excluding carboxylic acids is 1. The van der Waals surface area contributed by atoms with Gasteiger partial charge in [0.1, 0.15) is 11.9 Å². The Labute approximate surface area is 121 Å². The summed E-state index contributed by atoms with van der Waals surface area (Å²) in [6.07, 6.45) is -2.05. The molecule has 108 valence electrons. The van der Waals surface area contributed by atoms with E-state index >= 15 is 0 Å². The highest BCUT2D eigenvalue weighted by Gasteiger charge is 2.19. The molecule has 1 aromatic carbocycles. The number of hydrogen-bond acceptors (Lipinski definition) is 5. The Kier molecular flexibility index (Phi) is 6.65. The summed E-state index contributed by atoms with van der Waals surface area (Å²) in [6, 6.07) is 5.77.